The normalized spacial score (nSPS) is 22.4. The Balaban J connectivity index is 2.05. The van der Waals surface area contributed by atoms with Crippen LogP contribution in [0, 0.1) is 6.92 Å². The molecule has 0 radical (unpaired) electrons. The average Bonchev–Trinajstić information content (AvgIpc) is 2.77. The van der Waals surface area contributed by atoms with E-state index in [4.69, 9.17) is 0 Å². The fourth-order valence-corrected chi connectivity index (χ4v) is 3.30. The van der Waals surface area contributed by atoms with Crippen LogP contribution in [0.1, 0.15) is 12.1 Å². The van der Waals surface area contributed by atoms with E-state index < -0.39 is 0 Å². The molecular weight excluding hydrogens is 262 g/mol. The number of anilines is 1. The molecule has 21 heavy (non-hydrogen) atoms. The van der Waals surface area contributed by atoms with Crippen molar-refractivity contribution in [3.8, 4) is 0 Å². The highest BCUT2D eigenvalue weighted by atomic mass is 16.3. The molecule has 0 amide bonds. The number of pyridine rings is 1. The summed E-state index contributed by atoms with van der Waals surface area (Å²) in [5.74, 6) is 0. The quantitative estimate of drug-likeness (QED) is 0.937. The third kappa shape index (κ3) is 2.87. The van der Waals surface area contributed by atoms with Gasteiger partial charge in [0.25, 0.3) is 0 Å². The largest absolute Gasteiger partial charge is 0.391 e. The van der Waals surface area contributed by atoms with Crippen molar-refractivity contribution < 1.29 is 5.11 Å². The molecule has 2 heterocycles. The lowest BCUT2D eigenvalue weighted by molar-refractivity contribution is 0.191. The van der Waals surface area contributed by atoms with Crippen molar-refractivity contribution in [3.63, 3.8) is 0 Å². The molecule has 1 saturated heterocycles. The van der Waals surface area contributed by atoms with Gasteiger partial charge in [0.1, 0.15) is 0 Å². The molecule has 0 spiro atoms. The molecule has 1 aromatic heterocycles. The molecule has 0 saturated carbocycles. The number of aromatic nitrogens is 1. The Kier molecular flexibility index (Phi) is 3.83. The summed E-state index contributed by atoms with van der Waals surface area (Å²) in [6.45, 7) is 3.68. The van der Waals surface area contributed by atoms with Crippen molar-refractivity contribution in [1.29, 1.82) is 0 Å². The number of para-hydroxylation sites is 1. The second kappa shape index (κ2) is 5.62. The number of hydrogen-bond donors (Lipinski definition) is 1. The van der Waals surface area contributed by atoms with Crippen LogP contribution >= 0.6 is 0 Å². The first-order valence-corrected chi connectivity index (χ1v) is 7.50. The summed E-state index contributed by atoms with van der Waals surface area (Å²) >= 11 is 0. The van der Waals surface area contributed by atoms with Crippen molar-refractivity contribution in [2.24, 2.45) is 0 Å². The molecule has 1 N–H and O–H groups in total. The highest BCUT2D eigenvalue weighted by Gasteiger charge is 2.32. The van der Waals surface area contributed by atoms with Gasteiger partial charge in [-0.3, -0.25) is 4.98 Å². The molecule has 2 unspecified atom stereocenters. The van der Waals surface area contributed by atoms with E-state index >= 15 is 0 Å². The second-order valence-electron chi connectivity index (χ2n) is 6.26. The highest BCUT2D eigenvalue weighted by molar-refractivity contribution is 5.92. The van der Waals surface area contributed by atoms with E-state index in [1.54, 1.807) is 0 Å². The molecule has 0 bridgehead atoms. The van der Waals surface area contributed by atoms with Crippen LogP contribution in [0.2, 0.25) is 0 Å². The van der Waals surface area contributed by atoms with Gasteiger partial charge >= 0.3 is 0 Å². The van der Waals surface area contributed by atoms with Crippen LogP contribution < -0.4 is 4.90 Å². The van der Waals surface area contributed by atoms with Gasteiger partial charge in [0.15, 0.2) is 0 Å². The zero-order valence-electron chi connectivity index (χ0n) is 13.0. The molecule has 2 aromatic rings. The number of rotatable bonds is 3. The van der Waals surface area contributed by atoms with Crippen LogP contribution in [0.3, 0.4) is 0 Å². The van der Waals surface area contributed by atoms with E-state index in [1.165, 1.54) is 11.1 Å². The topological polar surface area (TPSA) is 39.6 Å². The molecule has 4 nitrogen and oxygen atoms in total. The van der Waals surface area contributed by atoms with Gasteiger partial charge in [0.2, 0.25) is 0 Å². The maximum Gasteiger partial charge on any atom is 0.0735 e. The van der Waals surface area contributed by atoms with E-state index in [0.29, 0.717) is 12.6 Å². The maximum absolute atomic E-state index is 10.1. The van der Waals surface area contributed by atoms with Gasteiger partial charge in [-0.15, -0.1) is 0 Å². The van der Waals surface area contributed by atoms with Crippen LogP contribution in [0.15, 0.2) is 30.3 Å². The standard InChI is InChI=1S/C17H23N3O/c1-12-8-17(15-6-4-5-7-16(15)18-12)20-11-14(21)9-13(20)10-19(2)3/h4-8,13-14,21H,9-11H2,1-3H3. The fraction of sp³-hybridized carbons (Fsp3) is 0.471. The average molecular weight is 285 g/mol. The van der Waals surface area contributed by atoms with E-state index in [0.717, 1.165) is 24.2 Å². The first-order valence-electron chi connectivity index (χ1n) is 7.50. The minimum atomic E-state index is -0.248. The summed E-state index contributed by atoms with van der Waals surface area (Å²) < 4.78 is 0. The summed E-state index contributed by atoms with van der Waals surface area (Å²) in [6, 6.07) is 10.7. The first-order chi connectivity index (χ1) is 10.0. The van der Waals surface area contributed by atoms with E-state index in [2.05, 4.69) is 53.1 Å². The number of benzene rings is 1. The van der Waals surface area contributed by atoms with Gasteiger partial charge in [-0.25, -0.2) is 0 Å². The van der Waals surface area contributed by atoms with Gasteiger partial charge in [-0.05, 0) is 39.6 Å². The second-order valence-corrected chi connectivity index (χ2v) is 6.26. The SMILES string of the molecule is Cc1cc(N2CC(O)CC2CN(C)C)c2ccccc2n1. The first kappa shape index (κ1) is 14.3. The molecule has 1 aliphatic rings. The Morgan fingerprint density at radius 2 is 2.10 bits per heavy atom. The number of β-amino-alcohol motifs (C(OH)–C–C–N with tert-alkyl or cyclic N) is 1. The lowest BCUT2D eigenvalue weighted by Crippen LogP contribution is -2.37. The molecule has 1 aromatic carbocycles. The Morgan fingerprint density at radius 3 is 2.86 bits per heavy atom. The van der Waals surface area contributed by atoms with Gasteiger partial charge in [0.05, 0.1) is 11.6 Å². The summed E-state index contributed by atoms with van der Waals surface area (Å²) in [5.41, 5.74) is 3.24. The molecule has 2 atom stereocenters. The Morgan fingerprint density at radius 1 is 1.33 bits per heavy atom. The Bertz CT molecular complexity index is 641. The van der Waals surface area contributed by atoms with Crippen molar-refractivity contribution >= 4 is 16.6 Å². The number of aliphatic hydroxyl groups excluding tert-OH is 1. The summed E-state index contributed by atoms with van der Waals surface area (Å²) in [6.07, 6.45) is 0.579. The zero-order chi connectivity index (χ0) is 15.0. The third-order valence-electron chi connectivity index (χ3n) is 4.10. The number of fused-ring (bicyclic) bond motifs is 1. The molecule has 4 heteroatoms. The fourth-order valence-electron chi connectivity index (χ4n) is 3.30. The lowest BCUT2D eigenvalue weighted by Gasteiger charge is -2.29. The number of likely N-dealkylation sites (N-methyl/N-ethyl adjacent to an activating group) is 1. The van der Waals surface area contributed by atoms with Crippen LogP contribution in [0.5, 0.6) is 0 Å². The van der Waals surface area contributed by atoms with Gasteiger partial charge in [0, 0.05) is 35.9 Å². The van der Waals surface area contributed by atoms with Crippen molar-refractivity contribution in [2.75, 3.05) is 32.1 Å². The molecule has 0 aliphatic carbocycles. The van der Waals surface area contributed by atoms with Crippen LogP contribution in [-0.2, 0) is 0 Å². The molecule has 3 rings (SSSR count). The zero-order valence-corrected chi connectivity index (χ0v) is 13.0. The van der Waals surface area contributed by atoms with Gasteiger partial charge in [-0.1, -0.05) is 18.2 Å². The highest BCUT2D eigenvalue weighted by Crippen LogP contribution is 2.32. The van der Waals surface area contributed by atoms with Gasteiger partial charge in [-0.2, -0.15) is 0 Å². The monoisotopic (exact) mass is 285 g/mol. The minimum absolute atomic E-state index is 0.248. The summed E-state index contributed by atoms with van der Waals surface area (Å²) in [4.78, 5) is 9.15. The van der Waals surface area contributed by atoms with Crippen LogP contribution in [0.4, 0.5) is 5.69 Å². The summed E-state index contributed by atoms with van der Waals surface area (Å²) in [7, 11) is 4.16. The molecule has 1 fully saturated rings. The third-order valence-corrected chi connectivity index (χ3v) is 4.10. The van der Waals surface area contributed by atoms with Crippen LogP contribution in [-0.4, -0.2) is 54.3 Å². The Hall–Kier alpha value is -1.65. The number of aliphatic hydroxyl groups is 1. The van der Waals surface area contributed by atoms with E-state index in [-0.39, 0.29) is 6.10 Å². The number of aryl methyl sites for hydroxylation is 1. The van der Waals surface area contributed by atoms with Crippen LogP contribution in [0.25, 0.3) is 10.9 Å². The predicted octanol–water partition coefficient (Wildman–Crippen LogP) is 2.04. The van der Waals surface area contributed by atoms with Gasteiger partial charge < -0.3 is 14.9 Å². The van der Waals surface area contributed by atoms with E-state index in [1.807, 2.05) is 13.0 Å². The maximum atomic E-state index is 10.1. The number of hydrogen-bond acceptors (Lipinski definition) is 4. The number of nitrogens with zero attached hydrogens (tertiary/aromatic N) is 3. The van der Waals surface area contributed by atoms with Crippen molar-refractivity contribution in [1.82, 2.24) is 9.88 Å². The summed E-state index contributed by atoms with van der Waals surface area (Å²) in [5, 5.41) is 11.3. The van der Waals surface area contributed by atoms with Crippen molar-refractivity contribution in [3.05, 3.63) is 36.0 Å². The molecule has 1 aliphatic heterocycles. The predicted molar refractivity (Wildman–Crippen MR) is 86.8 cm³/mol. The minimum Gasteiger partial charge on any atom is -0.391 e. The smallest absolute Gasteiger partial charge is 0.0735 e. The Labute approximate surface area is 126 Å². The lowest BCUT2D eigenvalue weighted by atomic mass is 10.1. The van der Waals surface area contributed by atoms with E-state index in [9.17, 15) is 5.11 Å². The van der Waals surface area contributed by atoms with Crippen molar-refractivity contribution in [2.45, 2.75) is 25.5 Å². The molecular formula is C17H23N3O. The molecule has 112 valence electrons.